The lowest BCUT2D eigenvalue weighted by Gasteiger charge is -2.20. The van der Waals surface area contributed by atoms with Gasteiger partial charge in [-0.3, -0.25) is 4.79 Å². The van der Waals surface area contributed by atoms with Crippen LogP contribution in [0.15, 0.2) is 43.0 Å². The van der Waals surface area contributed by atoms with Crippen molar-refractivity contribution in [2.75, 3.05) is 18.4 Å². The normalized spacial score (nSPS) is 18.8. The maximum absolute atomic E-state index is 13.8. The summed E-state index contributed by atoms with van der Waals surface area (Å²) in [6.07, 6.45) is -3.77. The van der Waals surface area contributed by atoms with E-state index in [1.807, 2.05) is 0 Å². The Kier molecular flexibility index (Phi) is 6.48. The Hall–Kier alpha value is -3.15. The number of rotatable bonds is 6. The highest BCUT2D eigenvalue weighted by atomic mass is 19.4. The summed E-state index contributed by atoms with van der Waals surface area (Å²) in [7, 11) is 0. The monoisotopic (exact) mass is 446 g/mol. The summed E-state index contributed by atoms with van der Waals surface area (Å²) in [6, 6.07) is 1.72. The molecule has 0 saturated carbocycles. The van der Waals surface area contributed by atoms with Crippen molar-refractivity contribution < 1.29 is 35.9 Å². The lowest BCUT2D eigenvalue weighted by molar-refractivity contribution is -0.140. The van der Waals surface area contributed by atoms with E-state index in [1.165, 1.54) is 0 Å². The molecule has 1 aromatic heterocycles. The minimum atomic E-state index is -4.82. The second kappa shape index (κ2) is 8.92. The number of alkyl halides is 3. The zero-order chi connectivity index (χ0) is 22.8. The molecule has 0 bridgehead atoms. The maximum atomic E-state index is 13.8. The van der Waals surface area contributed by atoms with Gasteiger partial charge in [0.1, 0.15) is 5.82 Å². The number of benzene rings is 1. The molecule has 1 aliphatic heterocycles. The predicted octanol–water partition coefficient (Wildman–Crippen LogP) is 3.46. The molecule has 1 aromatic carbocycles. The molecule has 1 saturated heterocycles. The first-order chi connectivity index (χ1) is 14.5. The van der Waals surface area contributed by atoms with Gasteiger partial charge in [0.25, 0.3) is 5.91 Å². The summed E-state index contributed by atoms with van der Waals surface area (Å²) in [4.78, 5) is 20.5. The zero-order valence-corrected chi connectivity index (χ0v) is 15.8. The molecule has 2 unspecified atom stereocenters. The molecular formula is C19H16F6N4O2. The van der Waals surface area contributed by atoms with E-state index >= 15 is 0 Å². The Balaban J connectivity index is 1.72. The van der Waals surface area contributed by atoms with Gasteiger partial charge in [0, 0.05) is 13.1 Å². The smallest absolute Gasteiger partial charge is 0.369 e. The fourth-order valence-corrected chi connectivity index (χ4v) is 3.05. The van der Waals surface area contributed by atoms with Crippen molar-refractivity contribution in [1.82, 2.24) is 14.9 Å². The first kappa shape index (κ1) is 22.5. The van der Waals surface area contributed by atoms with Crippen LogP contribution < -0.4 is 5.32 Å². The molecule has 6 nitrogen and oxygen atoms in total. The molecular weight excluding hydrogens is 430 g/mol. The fraction of sp³-hybridized carbons (Fsp3) is 0.316. The molecule has 0 aliphatic carbocycles. The molecule has 0 radical (unpaired) electrons. The van der Waals surface area contributed by atoms with E-state index in [9.17, 15) is 31.1 Å². The highest BCUT2D eigenvalue weighted by Crippen LogP contribution is 2.32. The summed E-state index contributed by atoms with van der Waals surface area (Å²) in [5, 5.41) is 2.84. The minimum absolute atomic E-state index is 0.0222. The van der Waals surface area contributed by atoms with Crippen LogP contribution in [-0.4, -0.2) is 46.0 Å². The molecule has 2 atom stereocenters. The average molecular weight is 446 g/mol. The molecule has 1 amide bonds. The van der Waals surface area contributed by atoms with Crippen LogP contribution in [0, 0.1) is 11.6 Å². The number of halogens is 6. The molecule has 2 heterocycles. The van der Waals surface area contributed by atoms with E-state index in [0.29, 0.717) is 12.1 Å². The standard InChI is InChI=1S/C19H16F6N4O2/c1-10(20)17(30)29-7-15(28-18-26-5-12(21)6-27-18)16(8-29)31-9-11-2-3-13(14(22)4-11)19(23,24)25/h2-6,15-16H,1,7-9H2,(H,26,27,28). The number of aromatic nitrogens is 2. The van der Waals surface area contributed by atoms with E-state index in [0.717, 1.165) is 23.4 Å². The van der Waals surface area contributed by atoms with E-state index in [1.54, 1.807) is 0 Å². The number of nitrogens with zero attached hydrogens (tertiary/aromatic N) is 3. The van der Waals surface area contributed by atoms with Gasteiger partial charge >= 0.3 is 6.18 Å². The molecule has 166 valence electrons. The number of hydrogen-bond acceptors (Lipinski definition) is 5. The molecule has 3 rings (SSSR count). The molecule has 1 N–H and O–H groups in total. The number of amides is 1. The number of anilines is 1. The minimum Gasteiger partial charge on any atom is -0.369 e. The van der Waals surface area contributed by atoms with Crippen molar-refractivity contribution in [2.24, 2.45) is 0 Å². The van der Waals surface area contributed by atoms with Crippen LogP contribution in [0.1, 0.15) is 11.1 Å². The highest BCUT2D eigenvalue weighted by molar-refractivity contribution is 5.90. The Morgan fingerprint density at radius 2 is 1.90 bits per heavy atom. The van der Waals surface area contributed by atoms with Gasteiger partial charge in [0.2, 0.25) is 5.95 Å². The second-order valence-corrected chi connectivity index (χ2v) is 6.75. The van der Waals surface area contributed by atoms with Gasteiger partial charge < -0.3 is 15.0 Å². The quantitative estimate of drug-likeness (QED) is 0.544. The number of carbonyl (C=O) groups excluding carboxylic acids is 1. The van der Waals surface area contributed by atoms with Crippen LogP contribution in [0.3, 0.4) is 0 Å². The van der Waals surface area contributed by atoms with Crippen LogP contribution in [-0.2, 0) is 22.3 Å². The van der Waals surface area contributed by atoms with Crippen molar-refractivity contribution >= 4 is 11.9 Å². The summed E-state index contributed by atoms with van der Waals surface area (Å²) in [5.41, 5.74) is -1.27. The van der Waals surface area contributed by atoms with Gasteiger partial charge in [0.15, 0.2) is 11.6 Å². The van der Waals surface area contributed by atoms with Gasteiger partial charge in [-0.2, -0.15) is 13.2 Å². The first-order valence-electron chi connectivity index (χ1n) is 8.89. The molecule has 1 aliphatic rings. The van der Waals surface area contributed by atoms with E-state index in [2.05, 4.69) is 21.9 Å². The topological polar surface area (TPSA) is 67.4 Å². The molecule has 2 aromatic rings. The summed E-state index contributed by atoms with van der Waals surface area (Å²) < 4.78 is 83.7. The van der Waals surface area contributed by atoms with Crippen molar-refractivity contribution in [3.05, 3.63) is 65.8 Å². The van der Waals surface area contributed by atoms with Gasteiger partial charge in [-0.25, -0.2) is 23.1 Å². The number of nitrogens with one attached hydrogen (secondary N) is 1. The average Bonchev–Trinajstić information content (AvgIpc) is 3.09. The van der Waals surface area contributed by atoms with E-state index in [-0.39, 0.29) is 31.2 Å². The van der Waals surface area contributed by atoms with Gasteiger partial charge in [-0.05, 0) is 17.7 Å². The third kappa shape index (κ3) is 5.51. The second-order valence-electron chi connectivity index (χ2n) is 6.75. The molecule has 1 fully saturated rings. The Morgan fingerprint density at radius 3 is 2.48 bits per heavy atom. The van der Waals surface area contributed by atoms with Crippen LogP contribution in [0.4, 0.5) is 32.3 Å². The Labute approximate surface area is 172 Å². The van der Waals surface area contributed by atoms with Crippen LogP contribution >= 0.6 is 0 Å². The Bertz CT molecular complexity index is 967. The number of carbonyl (C=O) groups is 1. The van der Waals surface area contributed by atoms with Crippen LogP contribution in [0.25, 0.3) is 0 Å². The van der Waals surface area contributed by atoms with Crippen molar-refractivity contribution in [1.29, 1.82) is 0 Å². The van der Waals surface area contributed by atoms with Crippen molar-refractivity contribution in [2.45, 2.75) is 24.9 Å². The third-order valence-electron chi connectivity index (χ3n) is 4.52. The van der Waals surface area contributed by atoms with E-state index < -0.39 is 47.3 Å². The largest absolute Gasteiger partial charge is 0.419 e. The van der Waals surface area contributed by atoms with Gasteiger partial charge in [0.05, 0.1) is 36.7 Å². The summed E-state index contributed by atoms with van der Waals surface area (Å²) in [5.74, 6) is -4.23. The van der Waals surface area contributed by atoms with Crippen LogP contribution in [0.2, 0.25) is 0 Å². The van der Waals surface area contributed by atoms with Crippen molar-refractivity contribution in [3.63, 3.8) is 0 Å². The number of likely N-dealkylation sites (tertiary alicyclic amines) is 1. The maximum Gasteiger partial charge on any atom is 0.419 e. The summed E-state index contributed by atoms with van der Waals surface area (Å²) in [6.45, 7) is 2.57. The van der Waals surface area contributed by atoms with Gasteiger partial charge in [-0.15, -0.1) is 0 Å². The number of hydrogen-bond donors (Lipinski definition) is 1. The highest BCUT2D eigenvalue weighted by Gasteiger charge is 2.38. The first-order valence-corrected chi connectivity index (χ1v) is 8.89. The molecule has 0 spiro atoms. The fourth-order valence-electron chi connectivity index (χ4n) is 3.05. The van der Waals surface area contributed by atoms with E-state index in [4.69, 9.17) is 4.74 Å². The third-order valence-corrected chi connectivity index (χ3v) is 4.52. The SMILES string of the molecule is C=C(F)C(=O)N1CC(Nc2ncc(F)cn2)C(OCc2ccc(C(F)(F)F)c(F)c2)C1. The Morgan fingerprint density at radius 1 is 1.23 bits per heavy atom. The molecule has 31 heavy (non-hydrogen) atoms. The predicted molar refractivity (Wildman–Crippen MR) is 96.2 cm³/mol. The summed E-state index contributed by atoms with van der Waals surface area (Å²) >= 11 is 0. The van der Waals surface area contributed by atoms with Crippen LogP contribution in [0.5, 0.6) is 0 Å². The lowest BCUT2D eigenvalue weighted by Crippen LogP contribution is -2.35. The molecule has 12 heteroatoms. The number of ether oxygens (including phenoxy) is 1. The zero-order valence-electron chi connectivity index (χ0n) is 15.8. The van der Waals surface area contributed by atoms with Crippen molar-refractivity contribution in [3.8, 4) is 0 Å². The lowest BCUT2D eigenvalue weighted by atomic mass is 10.1. The van der Waals surface area contributed by atoms with Gasteiger partial charge in [-0.1, -0.05) is 12.6 Å².